The molecule has 2 heteroatoms. The fraction of sp³-hybridized carbons (Fsp3) is 0.118. The molecule has 1 heterocycles. The monoisotopic (exact) mass is 247 g/mol. The van der Waals surface area contributed by atoms with Crippen molar-refractivity contribution in [1.29, 1.82) is 0 Å². The van der Waals surface area contributed by atoms with Gasteiger partial charge >= 0.3 is 0 Å². The summed E-state index contributed by atoms with van der Waals surface area (Å²) in [4.78, 5) is 4.54. The zero-order valence-electron chi connectivity index (χ0n) is 10.8. The average Bonchev–Trinajstić information content (AvgIpc) is 2.48. The Morgan fingerprint density at radius 2 is 1.53 bits per heavy atom. The molecule has 0 saturated heterocycles. The van der Waals surface area contributed by atoms with Crippen LogP contribution in [0.15, 0.2) is 71.7 Å². The van der Waals surface area contributed by atoms with Gasteiger partial charge in [-0.3, -0.25) is 0 Å². The van der Waals surface area contributed by atoms with Gasteiger partial charge in [-0.25, -0.2) is 0 Å². The van der Waals surface area contributed by atoms with Crippen LogP contribution in [-0.2, 0) is 0 Å². The van der Waals surface area contributed by atoms with E-state index in [1.54, 1.807) is 0 Å². The number of hydrogen-bond donors (Lipinski definition) is 0. The van der Waals surface area contributed by atoms with E-state index in [4.69, 9.17) is 0 Å². The third-order valence-corrected chi connectivity index (χ3v) is 3.13. The zero-order valence-corrected chi connectivity index (χ0v) is 10.8. The summed E-state index contributed by atoms with van der Waals surface area (Å²) < 4.78 is 0. The Morgan fingerprint density at radius 3 is 2.21 bits per heavy atom. The van der Waals surface area contributed by atoms with Crippen LogP contribution in [-0.4, -0.2) is 5.84 Å². The molecule has 1 aliphatic rings. The highest BCUT2D eigenvalue weighted by molar-refractivity contribution is 5.99. The fourth-order valence-corrected chi connectivity index (χ4v) is 2.22. The molecule has 3 rings (SSSR count). The van der Waals surface area contributed by atoms with E-state index < -0.39 is 0 Å². The van der Waals surface area contributed by atoms with Gasteiger partial charge in [0, 0.05) is 6.04 Å². The summed E-state index contributed by atoms with van der Waals surface area (Å²) in [6.07, 6.45) is 2.12. The zero-order chi connectivity index (χ0) is 13.1. The molecule has 0 fully saturated rings. The fourth-order valence-electron chi connectivity index (χ4n) is 2.22. The molecule has 2 aromatic rings. The number of benzene rings is 2. The summed E-state index contributed by atoms with van der Waals surface area (Å²) in [6.45, 7) is 1.95. The normalized spacial score (nSPS) is 18.3. The Labute approximate surface area is 113 Å². The average molecular weight is 247 g/mol. The van der Waals surface area contributed by atoms with Crippen LogP contribution in [0.1, 0.15) is 24.1 Å². The van der Waals surface area contributed by atoms with Gasteiger partial charge in [-0.2, -0.15) is 0 Å². The smallest absolute Gasteiger partial charge is 0.00556 e. The van der Waals surface area contributed by atoms with E-state index in [0.717, 1.165) is 17.1 Å². The lowest BCUT2D eigenvalue weighted by molar-refractivity contribution is 1.03. The van der Waals surface area contributed by atoms with Crippen molar-refractivity contribution in [2.75, 3.05) is 0 Å². The van der Waals surface area contributed by atoms with Crippen molar-refractivity contribution in [3.05, 3.63) is 83.2 Å². The minimum absolute atomic E-state index is 0.0638. The predicted octanol–water partition coefficient (Wildman–Crippen LogP) is 4.57. The summed E-state index contributed by atoms with van der Waals surface area (Å²) in [5.74, 6) is 0.829. The molecule has 0 amide bonds. The van der Waals surface area contributed by atoms with E-state index >= 15 is 0 Å². The quantitative estimate of drug-likeness (QED) is 0.743. The number of amidine groups is 1. The minimum Gasteiger partial charge on any atom is -0.458 e. The molecule has 0 saturated carbocycles. The van der Waals surface area contributed by atoms with Gasteiger partial charge in [-0.1, -0.05) is 72.6 Å². The van der Waals surface area contributed by atoms with Gasteiger partial charge in [0.05, 0.1) is 0 Å². The lowest BCUT2D eigenvalue weighted by Crippen LogP contribution is -2.05. The number of nitrogens with zero attached hydrogens (tertiary/aromatic N) is 2. The SMILES string of the molecule is CC1=NC(c2ccccc2)=CC(c2ccccc2)[N-]1. The first-order valence-electron chi connectivity index (χ1n) is 6.41. The van der Waals surface area contributed by atoms with Gasteiger partial charge in [0.25, 0.3) is 0 Å². The number of rotatable bonds is 2. The van der Waals surface area contributed by atoms with Crippen molar-refractivity contribution in [2.45, 2.75) is 13.0 Å². The molecule has 94 valence electrons. The first-order valence-corrected chi connectivity index (χ1v) is 6.41. The molecule has 0 radical (unpaired) electrons. The summed E-state index contributed by atoms with van der Waals surface area (Å²) in [5, 5.41) is 4.60. The van der Waals surface area contributed by atoms with Crippen LogP contribution >= 0.6 is 0 Å². The molecule has 2 aromatic carbocycles. The molecule has 1 unspecified atom stereocenters. The van der Waals surface area contributed by atoms with Crippen LogP contribution in [0.5, 0.6) is 0 Å². The molecule has 1 atom stereocenters. The van der Waals surface area contributed by atoms with Gasteiger partial charge in [-0.15, -0.1) is 0 Å². The summed E-state index contributed by atoms with van der Waals surface area (Å²) in [7, 11) is 0. The molecular weight excluding hydrogens is 232 g/mol. The molecule has 19 heavy (non-hydrogen) atoms. The minimum atomic E-state index is 0.0638. The van der Waals surface area contributed by atoms with Gasteiger partial charge < -0.3 is 10.3 Å². The largest absolute Gasteiger partial charge is 0.458 e. The van der Waals surface area contributed by atoms with Crippen LogP contribution in [0.25, 0.3) is 11.0 Å². The molecule has 0 N–H and O–H groups in total. The van der Waals surface area contributed by atoms with Crippen LogP contribution in [0.2, 0.25) is 0 Å². The third-order valence-electron chi connectivity index (χ3n) is 3.13. The highest BCUT2D eigenvalue weighted by atomic mass is 15.0. The van der Waals surface area contributed by atoms with Crippen molar-refractivity contribution >= 4 is 11.5 Å². The predicted molar refractivity (Wildman–Crippen MR) is 80.1 cm³/mol. The van der Waals surface area contributed by atoms with Crippen LogP contribution < -0.4 is 0 Å². The van der Waals surface area contributed by atoms with Gasteiger partial charge in [0.15, 0.2) is 0 Å². The molecule has 2 nitrogen and oxygen atoms in total. The molecule has 0 aliphatic carbocycles. The van der Waals surface area contributed by atoms with Gasteiger partial charge in [0.1, 0.15) is 0 Å². The third kappa shape index (κ3) is 2.58. The van der Waals surface area contributed by atoms with Crippen molar-refractivity contribution in [3.63, 3.8) is 0 Å². The molecule has 0 spiro atoms. The Bertz CT molecular complexity index is 612. The standard InChI is InChI=1S/C17H15N2/c1-13-18-16(14-8-4-2-5-9-14)12-17(19-13)15-10-6-3-7-11-15/h2-12,16H,1H3/q-1. The van der Waals surface area contributed by atoms with Crippen molar-refractivity contribution in [3.8, 4) is 0 Å². The Balaban J connectivity index is 1.98. The summed E-state index contributed by atoms with van der Waals surface area (Å²) >= 11 is 0. The maximum Gasteiger partial charge on any atom is 0.00556 e. The first kappa shape index (κ1) is 11.7. The molecule has 0 bridgehead atoms. The van der Waals surface area contributed by atoms with Gasteiger partial charge in [-0.05, 0) is 23.7 Å². The molecular formula is C17H15N2-. The lowest BCUT2D eigenvalue weighted by Gasteiger charge is -2.31. The van der Waals surface area contributed by atoms with Crippen LogP contribution in [0.4, 0.5) is 0 Å². The van der Waals surface area contributed by atoms with Crippen LogP contribution in [0.3, 0.4) is 0 Å². The maximum atomic E-state index is 4.60. The lowest BCUT2D eigenvalue weighted by atomic mass is 10.0. The van der Waals surface area contributed by atoms with Crippen LogP contribution in [0, 0.1) is 0 Å². The molecule has 0 aromatic heterocycles. The summed E-state index contributed by atoms with van der Waals surface area (Å²) in [6, 6.07) is 20.6. The Morgan fingerprint density at radius 1 is 0.895 bits per heavy atom. The first-order chi connectivity index (χ1) is 9.33. The second-order valence-corrected chi connectivity index (χ2v) is 4.56. The van der Waals surface area contributed by atoms with E-state index in [9.17, 15) is 0 Å². The van der Waals surface area contributed by atoms with E-state index in [-0.39, 0.29) is 6.04 Å². The van der Waals surface area contributed by atoms with Crippen molar-refractivity contribution in [1.82, 2.24) is 0 Å². The summed E-state index contributed by atoms with van der Waals surface area (Å²) in [5.41, 5.74) is 3.34. The second kappa shape index (κ2) is 5.11. The number of aliphatic imine (C=N–C) groups is 1. The Kier molecular flexibility index (Phi) is 3.15. The highest BCUT2D eigenvalue weighted by Gasteiger charge is 2.08. The van der Waals surface area contributed by atoms with Crippen molar-refractivity contribution < 1.29 is 0 Å². The molecule has 1 aliphatic heterocycles. The Hall–Kier alpha value is -2.35. The maximum absolute atomic E-state index is 4.60. The topological polar surface area (TPSA) is 26.5 Å². The van der Waals surface area contributed by atoms with E-state index in [1.165, 1.54) is 5.56 Å². The van der Waals surface area contributed by atoms with Gasteiger partial charge in [0.2, 0.25) is 0 Å². The van der Waals surface area contributed by atoms with E-state index in [2.05, 4.69) is 40.7 Å². The van der Waals surface area contributed by atoms with E-state index in [1.807, 2.05) is 43.3 Å². The van der Waals surface area contributed by atoms with Crippen molar-refractivity contribution in [2.24, 2.45) is 4.99 Å². The number of hydrogen-bond acceptors (Lipinski definition) is 1. The second-order valence-electron chi connectivity index (χ2n) is 4.56. The highest BCUT2D eigenvalue weighted by Crippen LogP contribution is 2.32. The van der Waals surface area contributed by atoms with E-state index in [0.29, 0.717) is 0 Å².